The van der Waals surface area contributed by atoms with E-state index in [1.807, 2.05) is 24.4 Å². The fourth-order valence-corrected chi connectivity index (χ4v) is 3.74. The average Bonchev–Trinajstić information content (AvgIpc) is 3.17. The van der Waals surface area contributed by atoms with Crippen molar-refractivity contribution in [1.29, 1.82) is 0 Å². The minimum Gasteiger partial charge on any atom is -0.505 e. The van der Waals surface area contributed by atoms with E-state index in [0.717, 1.165) is 25.0 Å². The molecule has 1 aliphatic heterocycles. The number of nitrogens with zero attached hydrogens (tertiary/aromatic N) is 3. The maximum Gasteiger partial charge on any atom is 0.276 e. The highest BCUT2D eigenvalue weighted by Gasteiger charge is 2.29. The molecule has 0 unspecified atom stereocenters. The first-order valence-electron chi connectivity index (χ1n) is 9.21. The first-order chi connectivity index (χ1) is 13.2. The van der Waals surface area contributed by atoms with Crippen molar-refractivity contribution in [2.75, 3.05) is 13.1 Å². The Morgan fingerprint density at radius 1 is 1.22 bits per heavy atom. The maximum atomic E-state index is 12.8. The molecule has 6 heteroatoms. The lowest BCUT2D eigenvalue weighted by molar-refractivity contribution is 0.0696. The first-order valence-corrected chi connectivity index (χ1v) is 9.21. The van der Waals surface area contributed by atoms with Crippen LogP contribution in [-0.4, -0.2) is 44.2 Å². The van der Waals surface area contributed by atoms with Crippen LogP contribution in [0.15, 0.2) is 54.9 Å². The molecule has 138 valence electrons. The summed E-state index contributed by atoms with van der Waals surface area (Å²) in [7, 11) is 0. The van der Waals surface area contributed by atoms with Crippen LogP contribution in [0.2, 0.25) is 0 Å². The molecule has 6 nitrogen and oxygen atoms in total. The molecule has 0 saturated carbocycles. The van der Waals surface area contributed by atoms with Crippen LogP contribution in [0.4, 0.5) is 0 Å². The summed E-state index contributed by atoms with van der Waals surface area (Å²) in [5, 5.41) is 17.4. The topological polar surface area (TPSA) is 82.1 Å². The zero-order valence-corrected chi connectivity index (χ0v) is 15.0. The Labute approximate surface area is 157 Å². The van der Waals surface area contributed by atoms with Gasteiger partial charge in [-0.3, -0.25) is 9.89 Å². The Bertz CT molecular complexity index is 923. The lowest BCUT2D eigenvalue weighted by Gasteiger charge is -2.32. The molecule has 1 saturated heterocycles. The third-order valence-electron chi connectivity index (χ3n) is 5.09. The van der Waals surface area contributed by atoms with Crippen molar-refractivity contribution in [2.24, 2.45) is 0 Å². The second-order valence-corrected chi connectivity index (χ2v) is 6.93. The van der Waals surface area contributed by atoms with Crippen molar-refractivity contribution >= 4 is 5.91 Å². The van der Waals surface area contributed by atoms with Gasteiger partial charge in [-0.15, -0.1) is 0 Å². The minimum atomic E-state index is -0.220. The molecule has 3 heterocycles. The van der Waals surface area contributed by atoms with Crippen molar-refractivity contribution in [3.63, 3.8) is 0 Å². The van der Waals surface area contributed by atoms with E-state index in [4.69, 9.17) is 0 Å². The van der Waals surface area contributed by atoms with Crippen LogP contribution < -0.4 is 0 Å². The SMILES string of the molecule is O=C(c1ncccc1O)N1CCC[C@@H](c2[nH]ncc2Cc2ccccc2)C1. The first kappa shape index (κ1) is 17.3. The molecular formula is C21H22N4O2. The predicted molar refractivity (Wildman–Crippen MR) is 102 cm³/mol. The number of hydrogen-bond donors (Lipinski definition) is 2. The molecule has 2 aromatic heterocycles. The quantitative estimate of drug-likeness (QED) is 0.747. The molecule has 0 radical (unpaired) electrons. The maximum absolute atomic E-state index is 12.8. The van der Waals surface area contributed by atoms with Gasteiger partial charge in [-0.25, -0.2) is 4.98 Å². The Balaban J connectivity index is 1.52. The molecule has 1 amide bonds. The van der Waals surface area contributed by atoms with E-state index in [1.54, 1.807) is 11.0 Å². The van der Waals surface area contributed by atoms with Crippen LogP contribution in [0.25, 0.3) is 0 Å². The molecule has 1 aromatic carbocycles. The number of pyridine rings is 1. The summed E-state index contributed by atoms with van der Waals surface area (Å²) in [6.07, 6.45) is 6.14. The summed E-state index contributed by atoms with van der Waals surface area (Å²) in [5.41, 5.74) is 3.62. The molecular weight excluding hydrogens is 340 g/mol. The van der Waals surface area contributed by atoms with E-state index in [1.165, 1.54) is 23.4 Å². The molecule has 0 aliphatic carbocycles. The van der Waals surface area contributed by atoms with Gasteiger partial charge in [-0.1, -0.05) is 30.3 Å². The lowest BCUT2D eigenvalue weighted by atomic mass is 9.90. The number of H-pyrrole nitrogens is 1. The van der Waals surface area contributed by atoms with Gasteiger partial charge in [0.15, 0.2) is 5.69 Å². The second kappa shape index (κ2) is 7.61. The number of aromatic nitrogens is 3. The average molecular weight is 362 g/mol. The molecule has 3 aromatic rings. The number of hydrogen-bond acceptors (Lipinski definition) is 4. The second-order valence-electron chi connectivity index (χ2n) is 6.93. The highest BCUT2D eigenvalue weighted by Crippen LogP contribution is 2.30. The van der Waals surface area contributed by atoms with Crippen molar-refractivity contribution in [3.8, 4) is 5.75 Å². The molecule has 2 N–H and O–H groups in total. The van der Waals surface area contributed by atoms with E-state index >= 15 is 0 Å². The molecule has 27 heavy (non-hydrogen) atoms. The predicted octanol–water partition coefficient (Wildman–Crippen LogP) is 3.12. The van der Waals surface area contributed by atoms with Gasteiger partial charge in [0.1, 0.15) is 5.75 Å². The standard InChI is InChI=1S/C21H22N4O2/c26-18-9-4-10-22-20(18)21(27)25-11-5-8-16(14-25)19-17(13-23-24-19)12-15-6-2-1-3-7-15/h1-4,6-7,9-10,13,16,26H,5,8,11-12,14H2,(H,23,24)/t16-/m1/s1. The van der Waals surface area contributed by atoms with Crippen molar-refractivity contribution in [2.45, 2.75) is 25.2 Å². The number of aromatic hydroxyl groups is 1. The molecule has 1 fully saturated rings. The van der Waals surface area contributed by atoms with Gasteiger partial charge in [0.2, 0.25) is 0 Å². The number of benzene rings is 1. The molecule has 0 spiro atoms. The van der Waals surface area contributed by atoms with Gasteiger partial charge in [-0.05, 0) is 36.1 Å². The van der Waals surface area contributed by atoms with E-state index in [0.29, 0.717) is 13.1 Å². The van der Waals surface area contributed by atoms with Gasteiger partial charge in [0.05, 0.1) is 6.20 Å². The highest BCUT2D eigenvalue weighted by molar-refractivity contribution is 5.94. The third-order valence-corrected chi connectivity index (χ3v) is 5.09. The van der Waals surface area contributed by atoms with E-state index < -0.39 is 0 Å². The summed E-state index contributed by atoms with van der Waals surface area (Å²) in [6.45, 7) is 1.27. The van der Waals surface area contributed by atoms with Gasteiger partial charge < -0.3 is 10.0 Å². The highest BCUT2D eigenvalue weighted by atomic mass is 16.3. The number of carbonyl (C=O) groups excluding carboxylic acids is 1. The van der Waals surface area contributed by atoms with Crippen LogP contribution in [0, 0.1) is 0 Å². The van der Waals surface area contributed by atoms with Crippen molar-refractivity contribution in [1.82, 2.24) is 20.1 Å². The minimum absolute atomic E-state index is 0.0732. The van der Waals surface area contributed by atoms with Crippen LogP contribution in [0.3, 0.4) is 0 Å². The molecule has 1 atom stereocenters. The molecule has 4 rings (SSSR count). The number of likely N-dealkylation sites (tertiary alicyclic amines) is 1. The number of amides is 1. The Morgan fingerprint density at radius 3 is 2.89 bits per heavy atom. The van der Waals surface area contributed by atoms with Crippen LogP contribution in [0.1, 0.15) is 46.1 Å². The van der Waals surface area contributed by atoms with Crippen LogP contribution >= 0.6 is 0 Å². The zero-order chi connectivity index (χ0) is 18.6. The van der Waals surface area contributed by atoms with E-state index in [2.05, 4.69) is 27.3 Å². The van der Waals surface area contributed by atoms with Crippen molar-refractivity contribution < 1.29 is 9.90 Å². The van der Waals surface area contributed by atoms with Crippen LogP contribution in [0.5, 0.6) is 5.75 Å². The van der Waals surface area contributed by atoms with Gasteiger partial charge >= 0.3 is 0 Å². The fourth-order valence-electron chi connectivity index (χ4n) is 3.74. The third kappa shape index (κ3) is 3.69. The summed E-state index contributed by atoms with van der Waals surface area (Å²) in [4.78, 5) is 18.6. The van der Waals surface area contributed by atoms with Gasteiger partial charge in [0.25, 0.3) is 5.91 Å². The number of piperidine rings is 1. The summed E-state index contributed by atoms with van der Waals surface area (Å²) in [6, 6.07) is 13.4. The Hall–Kier alpha value is -3.15. The lowest BCUT2D eigenvalue weighted by Crippen LogP contribution is -2.39. The fraction of sp³-hybridized carbons (Fsp3) is 0.286. The van der Waals surface area contributed by atoms with Crippen LogP contribution in [-0.2, 0) is 6.42 Å². The molecule has 1 aliphatic rings. The Kier molecular flexibility index (Phi) is 4.87. The number of nitrogens with one attached hydrogen (secondary N) is 1. The monoisotopic (exact) mass is 362 g/mol. The van der Waals surface area contributed by atoms with Gasteiger partial charge in [-0.2, -0.15) is 5.10 Å². The summed E-state index contributed by atoms with van der Waals surface area (Å²) < 4.78 is 0. The van der Waals surface area contributed by atoms with Gasteiger partial charge in [0, 0.05) is 37.3 Å². The summed E-state index contributed by atoms with van der Waals surface area (Å²) in [5.74, 6) is -0.0902. The Morgan fingerprint density at radius 2 is 2.07 bits per heavy atom. The number of rotatable bonds is 4. The summed E-state index contributed by atoms with van der Waals surface area (Å²) >= 11 is 0. The van der Waals surface area contributed by atoms with Crippen molar-refractivity contribution in [3.05, 3.63) is 77.4 Å². The zero-order valence-electron chi connectivity index (χ0n) is 15.0. The number of carbonyl (C=O) groups is 1. The van der Waals surface area contributed by atoms with E-state index in [-0.39, 0.29) is 23.3 Å². The largest absolute Gasteiger partial charge is 0.505 e. The van der Waals surface area contributed by atoms with E-state index in [9.17, 15) is 9.90 Å². The smallest absolute Gasteiger partial charge is 0.276 e. The normalized spacial score (nSPS) is 17.0. The number of aromatic amines is 1. The molecule has 0 bridgehead atoms.